The van der Waals surface area contributed by atoms with E-state index >= 15 is 0 Å². The van der Waals surface area contributed by atoms with Crippen molar-refractivity contribution < 1.29 is 18.9 Å². The molecule has 0 saturated heterocycles. The van der Waals surface area contributed by atoms with Gasteiger partial charge in [0.2, 0.25) is 0 Å². The molecular weight excluding hydrogens is 328 g/mol. The number of hydrogen-bond donors (Lipinski definition) is 0. The van der Waals surface area contributed by atoms with Crippen molar-refractivity contribution in [1.82, 2.24) is 0 Å². The van der Waals surface area contributed by atoms with Crippen LogP contribution in [-0.2, 0) is 0 Å². The molecule has 26 heavy (non-hydrogen) atoms. The first kappa shape index (κ1) is 19.2. The minimum absolute atomic E-state index is 0.771. The molecule has 4 heteroatoms. The number of rotatable bonds is 8. The lowest BCUT2D eigenvalue weighted by atomic mass is 10.1. The maximum atomic E-state index is 5.38. The maximum Gasteiger partial charge on any atom is 0.126 e. The third kappa shape index (κ3) is 4.93. The Balaban J connectivity index is 2.18. The fourth-order valence-electron chi connectivity index (χ4n) is 2.39. The monoisotopic (exact) mass is 352 g/mol. The fourth-order valence-corrected chi connectivity index (χ4v) is 2.39. The molecule has 0 aliphatic carbocycles. The average molecular weight is 352 g/mol. The zero-order valence-electron chi connectivity index (χ0n) is 15.6. The van der Waals surface area contributed by atoms with Crippen LogP contribution < -0.4 is 18.9 Å². The molecule has 0 unspecified atom stereocenters. The van der Waals surface area contributed by atoms with Crippen molar-refractivity contribution in [2.45, 2.75) is 0 Å². The second kappa shape index (κ2) is 9.37. The van der Waals surface area contributed by atoms with Crippen LogP contribution in [0.4, 0.5) is 0 Å². The third-order valence-electron chi connectivity index (χ3n) is 3.83. The molecule has 2 aromatic rings. The Bertz CT molecular complexity index is 751. The first-order valence-corrected chi connectivity index (χ1v) is 8.10. The number of benzene rings is 2. The third-order valence-corrected chi connectivity index (χ3v) is 3.83. The van der Waals surface area contributed by atoms with Gasteiger partial charge in [0.25, 0.3) is 0 Å². The van der Waals surface area contributed by atoms with Crippen LogP contribution in [-0.4, -0.2) is 28.4 Å². The van der Waals surface area contributed by atoms with E-state index in [9.17, 15) is 0 Å². The van der Waals surface area contributed by atoms with E-state index in [-0.39, 0.29) is 0 Å². The number of hydrogen-bond acceptors (Lipinski definition) is 4. The second-order valence-corrected chi connectivity index (χ2v) is 5.46. The Morgan fingerprint density at radius 2 is 1.12 bits per heavy atom. The minimum atomic E-state index is 0.771. The van der Waals surface area contributed by atoms with Gasteiger partial charge in [-0.1, -0.05) is 30.9 Å². The zero-order chi connectivity index (χ0) is 18.9. The van der Waals surface area contributed by atoms with Crippen LogP contribution in [0.1, 0.15) is 11.1 Å². The van der Waals surface area contributed by atoms with Gasteiger partial charge < -0.3 is 18.9 Å². The predicted molar refractivity (Wildman–Crippen MR) is 106 cm³/mol. The van der Waals surface area contributed by atoms with Gasteiger partial charge in [-0.15, -0.1) is 0 Å². The van der Waals surface area contributed by atoms with Crippen LogP contribution in [0.15, 0.2) is 60.7 Å². The summed E-state index contributed by atoms with van der Waals surface area (Å²) in [5.41, 5.74) is 2.67. The van der Waals surface area contributed by atoms with E-state index in [1.807, 2.05) is 60.7 Å². The van der Waals surface area contributed by atoms with Crippen molar-refractivity contribution in [3.8, 4) is 23.0 Å². The van der Waals surface area contributed by atoms with Crippen LogP contribution >= 0.6 is 0 Å². The van der Waals surface area contributed by atoms with Crippen molar-refractivity contribution in [2.24, 2.45) is 0 Å². The Morgan fingerprint density at radius 3 is 1.46 bits per heavy atom. The summed E-state index contributed by atoms with van der Waals surface area (Å²) in [6.45, 7) is 4.06. The predicted octanol–water partition coefficient (Wildman–Crippen LogP) is 5.00. The Kier molecular flexibility index (Phi) is 6.92. The van der Waals surface area contributed by atoms with Crippen LogP contribution in [0.25, 0.3) is 12.2 Å². The largest absolute Gasteiger partial charge is 0.497 e. The molecule has 0 amide bonds. The van der Waals surface area contributed by atoms with Gasteiger partial charge in [0, 0.05) is 11.1 Å². The summed E-state index contributed by atoms with van der Waals surface area (Å²) < 4.78 is 21.3. The van der Waals surface area contributed by atoms with E-state index in [1.165, 1.54) is 0 Å². The van der Waals surface area contributed by atoms with E-state index in [4.69, 9.17) is 18.9 Å². The molecule has 0 aliphatic heterocycles. The highest BCUT2D eigenvalue weighted by Crippen LogP contribution is 2.27. The molecule has 0 heterocycles. The normalized spacial score (nSPS) is 10.9. The topological polar surface area (TPSA) is 36.9 Å². The van der Waals surface area contributed by atoms with Crippen molar-refractivity contribution in [2.75, 3.05) is 28.4 Å². The molecule has 4 nitrogen and oxygen atoms in total. The first-order valence-electron chi connectivity index (χ1n) is 8.10. The van der Waals surface area contributed by atoms with Gasteiger partial charge in [-0.05, 0) is 42.0 Å². The molecule has 0 aliphatic rings. The highest BCUT2D eigenvalue weighted by molar-refractivity contribution is 5.66. The summed E-state index contributed by atoms with van der Waals surface area (Å²) >= 11 is 0. The molecule has 0 bridgehead atoms. The van der Waals surface area contributed by atoms with Gasteiger partial charge in [0.15, 0.2) is 0 Å². The smallest absolute Gasteiger partial charge is 0.126 e. The Labute approximate surface area is 155 Å². The van der Waals surface area contributed by atoms with E-state index in [2.05, 4.69) is 6.58 Å². The lowest BCUT2D eigenvalue weighted by Crippen LogP contribution is -1.89. The molecule has 0 atom stereocenters. The standard InChI is InChI=1S/C22H24O4/c1-16(6-8-17-14-19(23-2)10-12-21(17)25-4)7-9-18-15-20(24-3)11-13-22(18)26-5/h6-15H,1H2,2-5H3/b8-6+,9-7+. The molecule has 136 valence electrons. The van der Waals surface area contributed by atoms with Gasteiger partial charge in [-0.3, -0.25) is 0 Å². The SMILES string of the molecule is C=C(/C=C/c1cc(OC)ccc1OC)/C=C/c1cc(OC)ccc1OC. The molecular formula is C22H24O4. The average Bonchev–Trinajstić information content (AvgIpc) is 2.69. The van der Waals surface area contributed by atoms with E-state index < -0.39 is 0 Å². The number of allylic oxidation sites excluding steroid dienone is 3. The highest BCUT2D eigenvalue weighted by Gasteiger charge is 2.03. The van der Waals surface area contributed by atoms with Gasteiger partial charge in [0.1, 0.15) is 23.0 Å². The van der Waals surface area contributed by atoms with E-state index in [1.54, 1.807) is 28.4 Å². The summed E-state index contributed by atoms with van der Waals surface area (Å²) in [7, 11) is 6.56. The summed E-state index contributed by atoms with van der Waals surface area (Å²) in [4.78, 5) is 0. The molecule has 0 spiro atoms. The molecule has 2 rings (SSSR count). The quantitative estimate of drug-likeness (QED) is 0.626. The molecule has 0 N–H and O–H groups in total. The van der Waals surface area contributed by atoms with E-state index in [0.717, 1.165) is 39.7 Å². The van der Waals surface area contributed by atoms with Crippen molar-refractivity contribution >= 4 is 12.2 Å². The Hall–Kier alpha value is -3.14. The van der Waals surface area contributed by atoms with Crippen molar-refractivity contribution in [1.29, 1.82) is 0 Å². The minimum Gasteiger partial charge on any atom is -0.497 e. The molecule has 0 fully saturated rings. The summed E-state index contributed by atoms with van der Waals surface area (Å²) in [6, 6.07) is 11.3. The molecule has 0 saturated carbocycles. The van der Waals surface area contributed by atoms with Gasteiger partial charge in [0.05, 0.1) is 28.4 Å². The zero-order valence-corrected chi connectivity index (χ0v) is 15.6. The van der Waals surface area contributed by atoms with Crippen LogP contribution in [0.2, 0.25) is 0 Å². The summed E-state index contributed by atoms with van der Waals surface area (Å²) in [5, 5.41) is 0. The molecule has 0 aromatic heterocycles. The van der Waals surface area contributed by atoms with E-state index in [0.29, 0.717) is 0 Å². The van der Waals surface area contributed by atoms with Crippen LogP contribution in [0.3, 0.4) is 0 Å². The van der Waals surface area contributed by atoms with Crippen molar-refractivity contribution in [3.05, 3.63) is 71.8 Å². The number of methoxy groups -OCH3 is 4. The fraction of sp³-hybridized carbons (Fsp3) is 0.182. The van der Waals surface area contributed by atoms with Gasteiger partial charge >= 0.3 is 0 Å². The van der Waals surface area contributed by atoms with Gasteiger partial charge in [-0.25, -0.2) is 0 Å². The van der Waals surface area contributed by atoms with Crippen molar-refractivity contribution in [3.63, 3.8) is 0 Å². The first-order chi connectivity index (χ1) is 12.6. The lowest BCUT2D eigenvalue weighted by molar-refractivity contribution is 0.402. The second-order valence-electron chi connectivity index (χ2n) is 5.46. The maximum absolute atomic E-state index is 5.38. The summed E-state index contributed by atoms with van der Waals surface area (Å²) in [5.74, 6) is 3.09. The number of ether oxygens (including phenoxy) is 4. The molecule has 2 aromatic carbocycles. The Morgan fingerprint density at radius 1 is 0.692 bits per heavy atom. The summed E-state index contributed by atoms with van der Waals surface area (Å²) in [6.07, 6.45) is 7.72. The van der Waals surface area contributed by atoms with Crippen LogP contribution in [0.5, 0.6) is 23.0 Å². The lowest BCUT2D eigenvalue weighted by Gasteiger charge is -2.07. The van der Waals surface area contributed by atoms with Gasteiger partial charge in [-0.2, -0.15) is 0 Å². The molecule has 0 radical (unpaired) electrons. The van der Waals surface area contributed by atoms with Crippen LogP contribution in [0, 0.1) is 0 Å². The highest BCUT2D eigenvalue weighted by atomic mass is 16.5.